The van der Waals surface area contributed by atoms with Crippen LogP contribution in [0.15, 0.2) is 70.3 Å². The van der Waals surface area contributed by atoms with Crippen LogP contribution in [0.5, 0.6) is 5.88 Å². The maximum atomic E-state index is 12.9. The zero-order valence-corrected chi connectivity index (χ0v) is 17.0. The van der Waals surface area contributed by atoms with Gasteiger partial charge in [0.2, 0.25) is 5.88 Å². The third kappa shape index (κ3) is 3.09. The largest absolute Gasteiger partial charge is 0.480 e. The van der Waals surface area contributed by atoms with Gasteiger partial charge >= 0.3 is 0 Å². The summed E-state index contributed by atoms with van der Waals surface area (Å²) in [4.78, 5) is 30.3. The van der Waals surface area contributed by atoms with Crippen LogP contribution < -0.4 is 15.9 Å². The van der Waals surface area contributed by atoms with E-state index in [1.165, 1.54) is 22.4 Å². The Labute approximate surface area is 176 Å². The van der Waals surface area contributed by atoms with E-state index < -0.39 is 0 Å². The third-order valence-electron chi connectivity index (χ3n) is 5.31. The van der Waals surface area contributed by atoms with Crippen LogP contribution in [0.4, 0.5) is 0 Å². The molecule has 0 aliphatic heterocycles. The quantitative estimate of drug-likeness (QED) is 0.489. The summed E-state index contributed by atoms with van der Waals surface area (Å²) in [6.45, 7) is 1.96. The lowest BCUT2D eigenvalue weighted by Crippen LogP contribution is -2.26. The Kier molecular flexibility index (Phi) is 4.39. The van der Waals surface area contributed by atoms with Gasteiger partial charge in [-0.15, -0.1) is 5.10 Å². The highest BCUT2D eigenvalue weighted by Crippen LogP contribution is 2.24. The average Bonchev–Trinajstić information content (AvgIpc) is 3.13. The first-order valence-corrected chi connectivity index (χ1v) is 9.77. The van der Waals surface area contributed by atoms with E-state index in [2.05, 4.69) is 15.2 Å². The van der Waals surface area contributed by atoms with Gasteiger partial charge in [-0.05, 0) is 24.6 Å². The van der Waals surface area contributed by atoms with Gasteiger partial charge in [0.1, 0.15) is 0 Å². The zero-order chi connectivity index (χ0) is 21.5. The Balaban J connectivity index is 1.64. The monoisotopic (exact) mass is 413 g/mol. The Hall–Kier alpha value is -4.20. The summed E-state index contributed by atoms with van der Waals surface area (Å²) in [5.41, 5.74) is 3.07. The number of methoxy groups -OCH3 is 1. The van der Waals surface area contributed by atoms with E-state index >= 15 is 0 Å². The highest BCUT2D eigenvalue weighted by molar-refractivity contribution is 5.85. The number of nitrogens with zero attached hydrogens (tertiary/aromatic N) is 4. The molecule has 0 saturated heterocycles. The molecular formula is C23H19N5O3. The van der Waals surface area contributed by atoms with Crippen molar-refractivity contribution in [2.24, 2.45) is 0 Å². The van der Waals surface area contributed by atoms with E-state index in [9.17, 15) is 9.59 Å². The van der Waals surface area contributed by atoms with E-state index in [0.717, 1.165) is 16.8 Å². The molecule has 0 amide bonds. The molecule has 0 saturated carbocycles. The number of aryl methyl sites for hydroxylation is 1. The smallest absolute Gasteiger partial charge is 0.275 e. The number of aromatic nitrogens is 5. The predicted molar refractivity (Wildman–Crippen MR) is 118 cm³/mol. The van der Waals surface area contributed by atoms with Crippen molar-refractivity contribution in [1.82, 2.24) is 24.4 Å². The fourth-order valence-electron chi connectivity index (χ4n) is 3.78. The van der Waals surface area contributed by atoms with Crippen molar-refractivity contribution in [3.05, 3.63) is 92.6 Å². The number of benzene rings is 2. The Bertz CT molecular complexity index is 1550. The van der Waals surface area contributed by atoms with Gasteiger partial charge in [-0.2, -0.15) is 0 Å². The molecule has 5 aromatic rings. The minimum atomic E-state index is -0.269. The van der Waals surface area contributed by atoms with Crippen molar-refractivity contribution in [3.8, 4) is 17.1 Å². The van der Waals surface area contributed by atoms with E-state index in [1.54, 1.807) is 18.2 Å². The highest BCUT2D eigenvalue weighted by atomic mass is 16.5. The topological polar surface area (TPSA) is 94.3 Å². The Morgan fingerprint density at radius 1 is 1.00 bits per heavy atom. The number of nitrogens with one attached hydrogen (secondary N) is 1. The first kappa shape index (κ1) is 18.8. The van der Waals surface area contributed by atoms with E-state index in [1.807, 2.05) is 43.3 Å². The standard InChI is InChI=1S/C23H19N5O3/c1-14-20(15-8-4-3-5-9-15)25-28-19(29)12-16(24-21(14)28)13-27-23(30)18-11-7-6-10-17(18)22(26-27)31-2/h3-12,25H,13H2,1-2H3. The van der Waals surface area contributed by atoms with Gasteiger partial charge < -0.3 is 4.74 Å². The van der Waals surface area contributed by atoms with Crippen molar-refractivity contribution in [3.63, 3.8) is 0 Å². The predicted octanol–water partition coefficient (Wildman–Crippen LogP) is 2.76. The summed E-state index contributed by atoms with van der Waals surface area (Å²) in [5.74, 6) is 0.345. The molecule has 154 valence electrons. The molecule has 5 rings (SSSR count). The fourth-order valence-corrected chi connectivity index (χ4v) is 3.78. The molecule has 0 atom stereocenters. The fraction of sp³-hybridized carbons (Fsp3) is 0.130. The number of hydrogen-bond donors (Lipinski definition) is 1. The highest BCUT2D eigenvalue weighted by Gasteiger charge is 2.15. The minimum absolute atomic E-state index is 0.0526. The number of ether oxygens (including phenoxy) is 1. The maximum Gasteiger partial charge on any atom is 0.275 e. The summed E-state index contributed by atoms with van der Waals surface area (Å²) < 4.78 is 8.06. The van der Waals surface area contributed by atoms with Gasteiger partial charge in [-0.3, -0.25) is 14.7 Å². The van der Waals surface area contributed by atoms with Gasteiger partial charge in [-0.1, -0.05) is 42.5 Å². The number of fused-ring (bicyclic) bond motifs is 2. The molecule has 0 fully saturated rings. The molecule has 0 spiro atoms. The molecule has 0 bridgehead atoms. The lowest BCUT2D eigenvalue weighted by atomic mass is 10.1. The van der Waals surface area contributed by atoms with Crippen LogP contribution in [0.25, 0.3) is 27.7 Å². The van der Waals surface area contributed by atoms with Crippen LogP contribution >= 0.6 is 0 Å². The molecule has 1 N–H and O–H groups in total. The molecule has 0 radical (unpaired) electrons. The normalized spacial score (nSPS) is 11.3. The SMILES string of the molecule is COc1nn(Cc2cc(=O)n3[nH]c(-c4ccccc4)c(C)c3n2)c(=O)c2ccccc12. The Morgan fingerprint density at radius 2 is 1.71 bits per heavy atom. The molecule has 0 unspecified atom stereocenters. The summed E-state index contributed by atoms with van der Waals surface area (Å²) in [7, 11) is 1.51. The third-order valence-corrected chi connectivity index (χ3v) is 5.31. The van der Waals surface area contributed by atoms with Crippen LogP contribution in [0, 0.1) is 6.92 Å². The molecule has 0 aliphatic rings. The average molecular weight is 413 g/mol. The van der Waals surface area contributed by atoms with Crippen molar-refractivity contribution in [1.29, 1.82) is 0 Å². The second-order valence-electron chi connectivity index (χ2n) is 7.24. The summed E-state index contributed by atoms with van der Waals surface area (Å²) >= 11 is 0. The molecule has 3 heterocycles. The van der Waals surface area contributed by atoms with E-state index in [0.29, 0.717) is 28.0 Å². The molecule has 31 heavy (non-hydrogen) atoms. The summed E-state index contributed by atoms with van der Waals surface area (Å²) in [6.07, 6.45) is 0. The lowest BCUT2D eigenvalue weighted by Gasteiger charge is -2.09. The minimum Gasteiger partial charge on any atom is -0.480 e. The van der Waals surface area contributed by atoms with Crippen molar-refractivity contribution in [2.75, 3.05) is 7.11 Å². The van der Waals surface area contributed by atoms with Crippen LogP contribution in [-0.2, 0) is 6.54 Å². The van der Waals surface area contributed by atoms with E-state index in [-0.39, 0.29) is 17.7 Å². The number of aromatic amines is 1. The maximum absolute atomic E-state index is 12.9. The van der Waals surface area contributed by atoms with Gasteiger partial charge in [0.15, 0.2) is 5.65 Å². The van der Waals surface area contributed by atoms with Crippen LogP contribution in [0.2, 0.25) is 0 Å². The van der Waals surface area contributed by atoms with Gasteiger partial charge in [0, 0.05) is 11.6 Å². The molecule has 8 heteroatoms. The van der Waals surface area contributed by atoms with Gasteiger partial charge in [0.25, 0.3) is 11.1 Å². The van der Waals surface area contributed by atoms with Crippen LogP contribution in [-0.4, -0.2) is 31.5 Å². The van der Waals surface area contributed by atoms with Gasteiger partial charge in [0.05, 0.1) is 35.8 Å². The lowest BCUT2D eigenvalue weighted by molar-refractivity contribution is 0.385. The zero-order valence-electron chi connectivity index (χ0n) is 17.0. The molecule has 3 aromatic heterocycles. The van der Waals surface area contributed by atoms with Crippen molar-refractivity contribution in [2.45, 2.75) is 13.5 Å². The molecule has 0 aliphatic carbocycles. The summed E-state index contributed by atoms with van der Waals surface area (Å²) in [5, 5.41) is 8.59. The van der Waals surface area contributed by atoms with Crippen LogP contribution in [0.1, 0.15) is 11.3 Å². The van der Waals surface area contributed by atoms with Crippen LogP contribution in [0.3, 0.4) is 0 Å². The first-order chi connectivity index (χ1) is 15.1. The second-order valence-corrected chi connectivity index (χ2v) is 7.24. The number of rotatable bonds is 4. The Morgan fingerprint density at radius 3 is 2.45 bits per heavy atom. The van der Waals surface area contributed by atoms with Crippen molar-refractivity contribution < 1.29 is 4.74 Å². The molecule has 8 nitrogen and oxygen atoms in total. The summed E-state index contributed by atoms with van der Waals surface area (Å²) in [6, 6.07) is 18.3. The number of H-pyrrole nitrogens is 1. The molecular weight excluding hydrogens is 394 g/mol. The first-order valence-electron chi connectivity index (χ1n) is 9.77. The molecule has 2 aromatic carbocycles. The van der Waals surface area contributed by atoms with Crippen molar-refractivity contribution >= 4 is 16.4 Å². The van der Waals surface area contributed by atoms with Gasteiger partial charge in [-0.25, -0.2) is 14.2 Å². The number of hydrogen-bond acceptors (Lipinski definition) is 5. The van der Waals surface area contributed by atoms with E-state index in [4.69, 9.17) is 4.74 Å². The second kappa shape index (κ2) is 7.24.